The van der Waals surface area contributed by atoms with E-state index in [2.05, 4.69) is 42.9 Å². The number of anilines is 2. The van der Waals surface area contributed by atoms with Crippen LogP contribution in [0.3, 0.4) is 0 Å². The van der Waals surface area contributed by atoms with E-state index in [1.807, 2.05) is 6.07 Å². The first-order chi connectivity index (χ1) is 9.95. The lowest BCUT2D eigenvalue weighted by Gasteiger charge is -2.38. The zero-order valence-electron chi connectivity index (χ0n) is 13.7. The van der Waals surface area contributed by atoms with Crippen LogP contribution in [0.1, 0.15) is 52.8 Å². The molecule has 2 N–H and O–H groups in total. The minimum Gasteiger partial charge on any atom is -0.395 e. The molecule has 2 rings (SSSR count). The third kappa shape index (κ3) is 3.84. The highest BCUT2D eigenvalue weighted by molar-refractivity contribution is 5.51. The van der Waals surface area contributed by atoms with Gasteiger partial charge in [0.25, 0.3) is 0 Å². The maximum atomic E-state index is 9.37. The monoisotopic (exact) mass is 292 g/mol. The fraction of sp³-hybridized carbons (Fsp3) is 0.750. The number of nitrogens with zero attached hydrogens (tertiary/aromatic N) is 3. The quantitative estimate of drug-likeness (QED) is 0.844. The molecular formula is C16H28N4O. The predicted molar refractivity (Wildman–Crippen MR) is 87.0 cm³/mol. The molecule has 5 nitrogen and oxygen atoms in total. The van der Waals surface area contributed by atoms with Gasteiger partial charge in [0.05, 0.1) is 6.61 Å². The molecule has 0 unspecified atom stereocenters. The van der Waals surface area contributed by atoms with E-state index in [0.717, 1.165) is 24.0 Å². The molecule has 0 aromatic carbocycles. The van der Waals surface area contributed by atoms with Crippen LogP contribution in [0.2, 0.25) is 0 Å². The Kier molecular flexibility index (Phi) is 5.04. The molecule has 0 amide bonds. The van der Waals surface area contributed by atoms with E-state index in [9.17, 15) is 5.11 Å². The molecule has 0 spiro atoms. The van der Waals surface area contributed by atoms with Crippen LogP contribution in [0, 0.1) is 0 Å². The summed E-state index contributed by atoms with van der Waals surface area (Å²) >= 11 is 0. The Morgan fingerprint density at radius 2 is 2.05 bits per heavy atom. The highest BCUT2D eigenvalue weighted by Crippen LogP contribution is 2.31. The maximum Gasteiger partial charge on any atom is 0.138 e. The van der Waals surface area contributed by atoms with Crippen LogP contribution < -0.4 is 10.2 Å². The molecule has 118 valence electrons. The fourth-order valence-corrected chi connectivity index (χ4v) is 2.48. The molecule has 1 heterocycles. The highest BCUT2D eigenvalue weighted by Gasteiger charge is 2.27. The number of hydrogen-bond donors (Lipinski definition) is 2. The standard InChI is InChI=1S/C16H28N4O/c1-5-17-13-11-14(19-15(18-13)16(2,3)4)20(9-10-21)12-7-6-8-12/h11-12,21H,5-10H2,1-4H3,(H,17,18,19). The SMILES string of the molecule is CCNc1cc(N(CCO)C2CCC2)nc(C(C)(C)C)n1. The van der Waals surface area contributed by atoms with E-state index in [4.69, 9.17) is 4.98 Å². The maximum absolute atomic E-state index is 9.37. The molecule has 5 heteroatoms. The van der Waals surface area contributed by atoms with Crippen LogP contribution in [0.5, 0.6) is 0 Å². The van der Waals surface area contributed by atoms with Gasteiger partial charge in [0.2, 0.25) is 0 Å². The lowest BCUT2D eigenvalue weighted by molar-refractivity contribution is 0.282. The van der Waals surface area contributed by atoms with Crippen LogP contribution in [0.15, 0.2) is 6.07 Å². The largest absolute Gasteiger partial charge is 0.395 e. The van der Waals surface area contributed by atoms with E-state index >= 15 is 0 Å². The summed E-state index contributed by atoms with van der Waals surface area (Å²) in [6.45, 7) is 10.1. The molecule has 1 fully saturated rings. The zero-order valence-corrected chi connectivity index (χ0v) is 13.7. The normalized spacial score (nSPS) is 15.7. The van der Waals surface area contributed by atoms with Gasteiger partial charge in [-0.1, -0.05) is 20.8 Å². The van der Waals surface area contributed by atoms with Gasteiger partial charge in [-0.25, -0.2) is 9.97 Å². The molecule has 1 aromatic rings. The molecule has 21 heavy (non-hydrogen) atoms. The Labute approximate surface area is 127 Å². The molecule has 1 aromatic heterocycles. The first kappa shape index (κ1) is 16.0. The Bertz CT molecular complexity index is 466. The lowest BCUT2D eigenvalue weighted by Crippen LogP contribution is -2.42. The van der Waals surface area contributed by atoms with Crippen molar-refractivity contribution < 1.29 is 5.11 Å². The van der Waals surface area contributed by atoms with Crippen molar-refractivity contribution in [2.75, 3.05) is 29.9 Å². The molecule has 0 radical (unpaired) electrons. The van der Waals surface area contributed by atoms with Gasteiger partial charge in [0.15, 0.2) is 0 Å². The molecule has 1 aliphatic rings. The number of hydrogen-bond acceptors (Lipinski definition) is 5. The second-order valence-electron chi connectivity index (χ2n) is 6.72. The van der Waals surface area contributed by atoms with Crippen molar-refractivity contribution in [2.45, 2.75) is 58.4 Å². The molecule has 1 saturated carbocycles. The third-order valence-corrected chi connectivity index (χ3v) is 3.89. The van der Waals surface area contributed by atoms with Crippen molar-refractivity contribution in [2.24, 2.45) is 0 Å². The molecule has 1 aliphatic carbocycles. The summed E-state index contributed by atoms with van der Waals surface area (Å²) in [5, 5.41) is 12.7. The van der Waals surface area contributed by atoms with E-state index in [-0.39, 0.29) is 12.0 Å². The van der Waals surface area contributed by atoms with Crippen molar-refractivity contribution in [1.29, 1.82) is 0 Å². The Morgan fingerprint density at radius 3 is 2.52 bits per heavy atom. The number of aliphatic hydroxyl groups is 1. The van der Waals surface area contributed by atoms with Gasteiger partial charge >= 0.3 is 0 Å². The summed E-state index contributed by atoms with van der Waals surface area (Å²) < 4.78 is 0. The molecule has 0 saturated heterocycles. The number of rotatable bonds is 6. The van der Waals surface area contributed by atoms with E-state index < -0.39 is 0 Å². The van der Waals surface area contributed by atoms with Gasteiger partial charge in [0, 0.05) is 30.6 Å². The minimum atomic E-state index is -0.0926. The number of aromatic nitrogens is 2. The third-order valence-electron chi connectivity index (χ3n) is 3.89. The van der Waals surface area contributed by atoms with Crippen molar-refractivity contribution >= 4 is 11.6 Å². The smallest absolute Gasteiger partial charge is 0.138 e. The molecule has 0 aliphatic heterocycles. The lowest BCUT2D eigenvalue weighted by atomic mass is 9.91. The number of nitrogens with one attached hydrogen (secondary N) is 1. The van der Waals surface area contributed by atoms with E-state index in [1.165, 1.54) is 19.3 Å². The fourth-order valence-electron chi connectivity index (χ4n) is 2.48. The van der Waals surface area contributed by atoms with Gasteiger partial charge in [-0.15, -0.1) is 0 Å². The van der Waals surface area contributed by atoms with Crippen LogP contribution in [0.4, 0.5) is 11.6 Å². The summed E-state index contributed by atoms with van der Waals surface area (Å²) in [7, 11) is 0. The van der Waals surface area contributed by atoms with Crippen molar-refractivity contribution in [1.82, 2.24) is 9.97 Å². The topological polar surface area (TPSA) is 61.3 Å². The highest BCUT2D eigenvalue weighted by atomic mass is 16.3. The van der Waals surface area contributed by atoms with Crippen molar-refractivity contribution in [3.63, 3.8) is 0 Å². The first-order valence-corrected chi connectivity index (χ1v) is 7.96. The second kappa shape index (κ2) is 6.60. The van der Waals surface area contributed by atoms with Crippen LogP contribution >= 0.6 is 0 Å². The summed E-state index contributed by atoms with van der Waals surface area (Å²) in [6, 6.07) is 2.52. The molecular weight excluding hydrogens is 264 g/mol. The van der Waals surface area contributed by atoms with Gasteiger partial charge in [0.1, 0.15) is 17.5 Å². The Hall–Kier alpha value is -1.36. The number of aliphatic hydroxyl groups excluding tert-OH is 1. The van der Waals surface area contributed by atoms with Crippen molar-refractivity contribution in [3.8, 4) is 0 Å². The van der Waals surface area contributed by atoms with Gasteiger partial charge in [-0.05, 0) is 26.2 Å². The summed E-state index contributed by atoms with van der Waals surface area (Å²) in [4.78, 5) is 11.6. The van der Waals surface area contributed by atoms with Crippen LogP contribution in [-0.2, 0) is 5.41 Å². The Morgan fingerprint density at radius 1 is 1.33 bits per heavy atom. The summed E-state index contributed by atoms with van der Waals surface area (Å²) in [5.41, 5.74) is -0.0926. The second-order valence-corrected chi connectivity index (χ2v) is 6.72. The minimum absolute atomic E-state index is 0.0926. The Balaban J connectivity index is 2.37. The molecule has 0 atom stereocenters. The molecule has 0 bridgehead atoms. The van der Waals surface area contributed by atoms with Crippen LogP contribution in [0.25, 0.3) is 0 Å². The van der Waals surface area contributed by atoms with E-state index in [1.54, 1.807) is 0 Å². The average Bonchev–Trinajstić information content (AvgIpc) is 2.35. The predicted octanol–water partition coefficient (Wildman–Crippen LogP) is 2.56. The van der Waals surface area contributed by atoms with E-state index in [0.29, 0.717) is 12.6 Å². The van der Waals surface area contributed by atoms with Gasteiger partial charge in [-0.3, -0.25) is 0 Å². The average molecular weight is 292 g/mol. The van der Waals surface area contributed by atoms with Gasteiger partial charge < -0.3 is 15.3 Å². The van der Waals surface area contributed by atoms with Crippen molar-refractivity contribution in [3.05, 3.63) is 11.9 Å². The summed E-state index contributed by atoms with van der Waals surface area (Å²) in [5.74, 6) is 2.65. The first-order valence-electron chi connectivity index (χ1n) is 7.96. The van der Waals surface area contributed by atoms with Crippen LogP contribution in [-0.4, -0.2) is 40.8 Å². The van der Waals surface area contributed by atoms with Gasteiger partial charge in [-0.2, -0.15) is 0 Å². The zero-order chi connectivity index (χ0) is 15.5. The summed E-state index contributed by atoms with van der Waals surface area (Å²) in [6.07, 6.45) is 3.64.